The highest BCUT2D eigenvalue weighted by Gasteiger charge is 2.19. The lowest BCUT2D eigenvalue weighted by Crippen LogP contribution is -2.38. The molecule has 0 heterocycles. The second kappa shape index (κ2) is 9.97. The van der Waals surface area contributed by atoms with Gasteiger partial charge in [-0.05, 0) is 17.7 Å². The summed E-state index contributed by atoms with van der Waals surface area (Å²) in [5.41, 5.74) is 7.04. The number of nitrogens with zero attached hydrogens (tertiary/aromatic N) is 1. The van der Waals surface area contributed by atoms with Gasteiger partial charge < -0.3 is 19.9 Å². The Kier molecular flexibility index (Phi) is 8.64. The number of halogens is 1. The van der Waals surface area contributed by atoms with Crippen LogP contribution in [0.1, 0.15) is 11.6 Å². The molecule has 1 aromatic rings. The van der Waals surface area contributed by atoms with E-state index in [9.17, 15) is 0 Å². The number of nitrogens with two attached hydrogens (primary N) is 1. The van der Waals surface area contributed by atoms with Gasteiger partial charge in [-0.2, -0.15) is 0 Å². The van der Waals surface area contributed by atoms with Crippen molar-refractivity contribution in [1.29, 1.82) is 0 Å². The van der Waals surface area contributed by atoms with Gasteiger partial charge in [0.2, 0.25) is 0 Å². The molecule has 0 aromatic heterocycles. The van der Waals surface area contributed by atoms with Crippen molar-refractivity contribution in [3.05, 3.63) is 28.8 Å². The maximum atomic E-state index is 6.21. The van der Waals surface area contributed by atoms with E-state index in [-0.39, 0.29) is 6.04 Å². The van der Waals surface area contributed by atoms with Gasteiger partial charge in [-0.3, -0.25) is 4.90 Å². The van der Waals surface area contributed by atoms with Crippen molar-refractivity contribution in [2.45, 2.75) is 6.04 Å². The van der Waals surface area contributed by atoms with Crippen LogP contribution in [0.2, 0.25) is 5.02 Å². The van der Waals surface area contributed by atoms with E-state index in [4.69, 9.17) is 31.5 Å². The fraction of sp³-hybridized carbons (Fsp3) is 0.600. The van der Waals surface area contributed by atoms with Crippen LogP contribution in [0.15, 0.2) is 18.2 Å². The van der Waals surface area contributed by atoms with E-state index in [1.165, 1.54) is 0 Å². The molecule has 0 aliphatic heterocycles. The van der Waals surface area contributed by atoms with Crippen LogP contribution in [-0.2, 0) is 9.47 Å². The third kappa shape index (κ3) is 5.45. The molecule has 0 spiro atoms. The number of ether oxygens (including phenoxy) is 3. The van der Waals surface area contributed by atoms with Crippen LogP contribution in [-0.4, -0.2) is 59.1 Å². The zero-order valence-electron chi connectivity index (χ0n) is 13.0. The Morgan fingerprint density at radius 1 is 1.14 bits per heavy atom. The van der Waals surface area contributed by atoms with E-state index < -0.39 is 0 Å². The molecule has 1 atom stereocenters. The van der Waals surface area contributed by atoms with E-state index in [0.29, 0.717) is 30.5 Å². The first-order valence-corrected chi connectivity index (χ1v) is 7.31. The van der Waals surface area contributed by atoms with Gasteiger partial charge in [-0.25, -0.2) is 0 Å². The number of hydrogen-bond acceptors (Lipinski definition) is 5. The summed E-state index contributed by atoms with van der Waals surface area (Å²) in [4.78, 5) is 2.24. The van der Waals surface area contributed by atoms with Crippen LogP contribution in [0, 0.1) is 0 Å². The Balaban J connectivity index is 2.92. The van der Waals surface area contributed by atoms with Crippen molar-refractivity contribution in [3.8, 4) is 5.75 Å². The highest BCUT2D eigenvalue weighted by atomic mass is 35.5. The number of rotatable bonds is 10. The number of benzene rings is 1. The minimum absolute atomic E-state index is 0.0682. The number of hydrogen-bond donors (Lipinski definition) is 1. The average Bonchev–Trinajstić information content (AvgIpc) is 2.50. The lowest BCUT2D eigenvalue weighted by atomic mass is 10.0. The molecule has 0 radical (unpaired) electrons. The maximum absolute atomic E-state index is 6.21. The van der Waals surface area contributed by atoms with Gasteiger partial charge in [0.15, 0.2) is 0 Å². The summed E-state index contributed by atoms with van der Waals surface area (Å²) >= 11 is 6.21. The van der Waals surface area contributed by atoms with E-state index in [0.717, 1.165) is 18.7 Å². The quantitative estimate of drug-likeness (QED) is 0.715. The molecule has 0 aliphatic carbocycles. The van der Waals surface area contributed by atoms with Gasteiger partial charge in [0.05, 0.1) is 25.3 Å². The zero-order chi connectivity index (χ0) is 15.7. The maximum Gasteiger partial charge on any atom is 0.137 e. The first kappa shape index (κ1) is 18.2. The summed E-state index contributed by atoms with van der Waals surface area (Å²) in [5, 5.41) is 0.590. The van der Waals surface area contributed by atoms with Gasteiger partial charge in [0.1, 0.15) is 5.75 Å². The standard InChI is InChI=1S/C15H25ClN2O3/c1-19-8-6-18(7-9-20-2)14(11-17)12-4-5-15(21-3)13(16)10-12/h4-5,10,14H,6-9,11,17H2,1-3H3. The SMILES string of the molecule is COCCN(CCOC)C(CN)c1ccc(OC)c(Cl)c1. The minimum atomic E-state index is 0.0682. The third-order valence-corrected chi connectivity index (χ3v) is 3.69. The van der Waals surface area contributed by atoms with Gasteiger partial charge >= 0.3 is 0 Å². The molecule has 0 fully saturated rings. The predicted octanol–water partition coefficient (Wildman–Crippen LogP) is 1.94. The summed E-state index contributed by atoms with van der Waals surface area (Å²) in [6, 6.07) is 5.84. The highest BCUT2D eigenvalue weighted by molar-refractivity contribution is 6.32. The van der Waals surface area contributed by atoms with Crippen LogP contribution in [0.4, 0.5) is 0 Å². The molecule has 0 saturated carbocycles. The second-order valence-electron chi connectivity index (χ2n) is 4.67. The fourth-order valence-corrected chi connectivity index (χ4v) is 2.49. The molecule has 1 unspecified atom stereocenters. The van der Waals surface area contributed by atoms with Crippen LogP contribution >= 0.6 is 11.6 Å². The normalized spacial score (nSPS) is 12.7. The van der Waals surface area contributed by atoms with Crippen molar-refractivity contribution in [1.82, 2.24) is 4.90 Å². The predicted molar refractivity (Wildman–Crippen MR) is 85.1 cm³/mol. The molecule has 0 aliphatic rings. The van der Waals surface area contributed by atoms with Gasteiger partial charge in [0, 0.05) is 39.9 Å². The largest absolute Gasteiger partial charge is 0.495 e. The average molecular weight is 317 g/mol. The molecule has 2 N–H and O–H groups in total. The van der Waals surface area contributed by atoms with Crippen LogP contribution in [0.5, 0.6) is 5.75 Å². The Morgan fingerprint density at radius 2 is 1.76 bits per heavy atom. The first-order valence-electron chi connectivity index (χ1n) is 6.93. The van der Waals surface area contributed by atoms with Crippen molar-refractivity contribution < 1.29 is 14.2 Å². The molecule has 0 saturated heterocycles. The summed E-state index contributed by atoms with van der Waals surface area (Å²) < 4.78 is 15.5. The molecule has 0 bridgehead atoms. The smallest absolute Gasteiger partial charge is 0.137 e. The lowest BCUT2D eigenvalue weighted by molar-refractivity contribution is 0.0891. The zero-order valence-corrected chi connectivity index (χ0v) is 13.7. The van der Waals surface area contributed by atoms with Gasteiger partial charge in [-0.1, -0.05) is 17.7 Å². The van der Waals surface area contributed by atoms with Crippen molar-refractivity contribution in [3.63, 3.8) is 0 Å². The summed E-state index contributed by atoms with van der Waals surface area (Å²) in [6.45, 7) is 3.35. The third-order valence-electron chi connectivity index (χ3n) is 3.39. The van der Waals surface area contributed by atoms with E-state index >= 15 is 0 Å². The van der Waals surface area contributed by atoms with Crippen LogP contribution < -0.4 is 10.5 Å². The Bertz CT molecular complexity index is 410. The van der Waals surface area contributed by atoms with Crippen molar-refractivity contribution in [2.24, 2.45) is 5.73 Å². The molecular weight excluding hydrogens is 292 g/mol. The number of methoxy groups -OCH3 is 3. The highest BCUT2D eigenvalue weighted by Crippen LogP contribution is 2.29. The summed E-state index contributed by atoms with van der Waals surface area (Å²) in [7, 11) is 4.98. The monoisotopic (exact) mass is 316 g/mol. The first-order chi connectivity index (χ1) is 10.2. The van der Waals surface area contributed by atoms with Gasteiger partial charge in [0.25, 0.3) is 0 Å². The minimum Gasteiger partial charge on any atom is -0.495 e. The Morgan fingerprint density at radius 3 is 2.19 bits per heavy atom. The summed E-state index contributed by atoms with van der Waals surface area (Å²) in [5.74, 6) is 0.663. The fourth-order valence-electron chi connectivity index (χ4n) is 2.23. The summed E-state index contributed by atoms with van der Waals surface area (Å²) in [6.07, 6.45) is 0. The molecule has 6 heteroatoms. The van der Waals surface area contributed by atoms with E-state index in [2.05, 4.69) is 4.90 Å². The van der Waals surface area contributed by atoms with Crippen molar-refractivity contribution >= 4 is 11.6 Å². The molecule has 1 rings (SSSR count). The molecule has 5 nitrogen and oxygen atoms in total. The lowest BCUT2D eigenvalue weighted by Gasteiger charge is -2.31. The molecule has 0 amide bonds. The van der Waals surface area contributed by atoms with Gasteiger partial charge in [-0.15, -0.1) is 0 Å². The van der Waals surface area contributed by atoms with Crippen LogP contribution in [0.25, 0.3) is 0 Å². The molecule has 1 aromatic carbocycles. The molecule has 120 valence electrons. The topological polar surface area (TPSA) is 57.0 Å². The van der Waals surface area contributed by atoms with Crippen molar-refractivity contribution in [2.75, 3.05) is 54.2 Å². The van der Waals surface area contributed by atoms with E-state index in [1.807, 2.05) is 18.2 Å². The second-order valence-corrected chi connectivity index (χ2v) is 5.07. The molecular formula is C15H25ClN2O3. The van der Waals surface area contributed by atoms with E-state index in [1.54, 1.807) is 21.3 Å². The Hall–Kier alpha value is -0.850. The Labute approximate surface area is 131 Å². The van der Waals surface area contributed by atoms with Crippen LogP contribution in [0.3, 0.4) is 0 Å². The molecule has 21 heavy (non-hydrogen) atoms.